The van der Waals surface area contributed by atoms with Crippen LogP contribution in [0, 0.1) is 0 Å². The zero-order chi connectivity index (χ0) is 24.2. The highest BCUT2D eigenvalue weighted by molar-refractivity contribution is 5.91. The molecule has 0 unspecified atom stereocenters. The Hall–Kier alpha value is -5.06. The molecular formula is C26H26N4O6. The molecule has 0 fully saturated rings. The molecule has 5 aromatic rings. The third-order valence-electron chi connectivity index (χ3n) is 4.54. The number of hydrogen-bond donors (Lipinski definition) is 2. The van der Waals surface area contributed by atoms with Crippen molar-refractivity contribution in [3.05, 3.63) is 121 Å². The zero-order valence-corrected chi connectivity index (χ0v) is 19.0. The first-order chi connectivity index (χ1) is 16.5. The third kappa shape index (κ3) is 8.71. The van der Waals surface area contributed by atoms with E-state index in [9.17, 15) is 19.8 Å². The lowest BCUT2D eigenvalue weighted by molar-refractivity contribution is -0.362. The quantitative estimate of drug-likeness (QED) is 0.350. The predicted molar refractivity (Wildman–Crippen MR) is 128 cm³/mol. The van der Waals surface area contributed by atoms with Gasteiger partial charge in [0.15, 0.2) is 0 Å². The van der Waals surface area contributed by atoms with Crippen LogP contribution < -0.4 is 20.2 Å². The minimum Gasteiger partial charge on any atom is -0.545 e. The van der Waals surface area contributed by atoms with Gasteiger partial charge in [0.05, 0.1) is 23.1 Å². The maximum atomic E-state index is 10.3. The Morgan fingerprint density at radius 2 is 0.972 bits per heavy atom. The first-order valence-electron chi connectivity index (χ1n) is 10.3. The van der Waals surface area contributed by atoms with Crippen LogP contribution >= 0.6 is 0 Å². The minimum absolute atomic E-state index is 0. The fraction of sp³-hybridized carbons (Fsp3) is 0. The number of carbonyl (C=O) groups excluding carboxylic acids is 2. The number of nitrogens with one attached hydrogen (secondary N) is 4. The molecule has 0 bridgehead atoms. The zero-order valence-electron chi connectivity index (χ0n) is 19.0. The molecule has 3 aromatic carbocycles. The van der Waals surface area contributed by atoms with E-state index in [0.29, 0.717) is 0 Å². The van der Waals surface area contributed by atoms with Crippen LogP contribution in [-0.4, -0.2) is 32.9 Å². The van der Waals surface area contributed by atoms with Gasteiger partial charge >= 0.3 is 0 Å². The lowest BCUT2D eigenvalue weighted by Gasteiger charge is -2.05. The van der Waals surface area contributed by atoms with Crippen molar-refractivity contribution >= 4 is 11.9 Å². The van der Waals surface area contributed by atoms with Crippen molar-refractivity contribution in [2.45, 2.75) is 0 Å². The molecule has 8 N–H and O–H groups in total. The standard InChI is InChI=1S/2C9H8N2.C8H6O4.2H2O/c2*1-2-4-8(5-3-1)9-10-6-7-11-9;9-7(10)5-2-1-3-6(4-5)8(11)12;;/h2*1-7H,(H,10,11);1-4H,(H,9,10)(H,11,12);2*1H2. The van der Waals surface area contributed by atoms with Crippen molar-refractivity contribution in [2.24, 2.45) is 0 Å². The summed E-state index contributed by atoms with van der Waals surface area (Å²) in [5, 5.41) is 20.5. The van der Waals surface area contributed by atoms with Gasteiger partial charge in [-0.2, -0.15) is 0 Å². The maximum Gasteiger partial charge on any atom is 0.284 e. The predicted octanol–water partition coefficient (Wildman–Crippen LogP) is -0.244. The van der Waals surface area contributed by atoms with E-state index < -0.39 is 11.9 Å². The van der Waals surface area contributed by atoms with Gasteiger partial charge in [-0.05, 0) is 41.5 Å². The second-order valence-electron chi connectivity index (χ2n) is 6.88. The highest BCUT2D eigenvalue weighted by Crippen LogP contribution is 2.10. The first kappa shape index (κ1) is 29.0. The second-order valence-corrected chi connectivity index (χ2v) is 6.88. The highest BCUT2D eigenvalue weighted by Gasteiger charge is 2.03. The summed E-state index contributed by atoms with van der Waals surface area (Å²) >= 11 is 0. The van der Waals surface area contributed by atoms with E-state index in [1.165, 1.54) is 29.3 Å². The van der Waals surface area contributed by atoms with Crippen LogP contribution in [0.1, 0.15) is 20.7 Å². The van der Waals surface area contributed by atoms with Crippen molar-refractivity contribution in [1.82, 2.24) is 9.97 Å². The molecule has 0 aliphatic carbocycles. The van der Waals surface area contributed by atoms with Crippen LogP contribution in [0.25, 0.3) is 22.8 Å². The topological polar surface area (TPSA) is 203 Å². The van der Waals surface area contributed by atoms with Crippen LogP contribution in [0.2, 0.25) is 0 Å². The van der Waals surface area contributed by atoms with Gasteiger partial charge in [-0.25, -0.2) is 19.9 Å². The molecule has 36 heavy (non-hydrogen) atoms. The minimum atomic E-state index is -1.40. The van der Waals surface area contributed by atoms with Crippen LogP contribution in [0.5, 0.6) is 0 Å². The Morgan fingerprint density at radius 1 is 0.583 bits per heavy atom. The fourth-order valence-electron chi connectivity index (χ4n) is 2.90. The number of carbonyl (C=O) groups is 2. The molecule has 0 saturated heterocycles. The number of H-pyrrole nitrogens is 4. The van der Waals surface area contributed by atoms with Gasteiger partial charge in [-0.3, -0.25) is 0 Å². The van der Waals surface area contributed by atoms with Crippen LogP contribution in [0.15, 0.2) is 110 Å². The Labute approximate surface area is 206 Å². The summed E-state index contributed by atoms with van der Waals surface area (Å²) in [6, 6.07) is 25.1. The number of carboxylic acids is 2. The van der Waals surface area contributed by atoms with E-state index in [-0.39, 0.29) is 22.1 Å². The van der Waals surface area contributed by atoms with Crippen molar-refractivity contribution in [1.29, 1.82) is 0 Å². The molecule has 0 radical (unpaired) electrons. The Bertz CT molecular complexity index is 1190. The first-order valence-corrected chi connectivity index (χ1v) is 10.3. The lowest BCUT2D eigenvalue weighted by Crippen LogP contribution is -2.25. The number of benzene rings is 3. The summed E-state index contributed by atoms with van der Waals surface area (Å²) in [7, 11) is 0. The number of hydrogen-bond acceptors (Lipinski definition) is 4. The van der Waals surface area contributed by atoms with E-state index >= 15 is 0 Å². The number of aromatic carboxylic acids is 2. The van der Waals surface area contributed by atoms with Crippen LogP contribution in [-0.2, 0) is 0 Å². The SMILES string of the molecule is O.O.O=C([O-])c1cccc(C(=O)[O-])c1.c1ccc(-c2[nH]cc[nH+]2)cc1.c1ccc(-c2[nH]cc[nH+]2)cc1. The average Bonchev–Trinajstić information content (AvgIpc) is 3.61. The number of rotatable bonds is 4. The fourth-order valence-corrected chi connectivity index (χ4v) is 2.90. The highest BCUT2D eigenvalue weighted by atomic mass is 16.4. The smallest absolute Gasteiger partial charge is 0.284 e. The molecule has 186 valence electrons. The molecule has 2 heterocycles. The van der Waals surface area contributed by atoms with Gasteiger partial charge in [0.1, 0.15) is 24.8 Å². The molecule has 10 heteroatoms. The van der Waals surface area contributed by atoms with Gasteiger partial charge < -0.3 is 30.8 Å². The van der Waals surface area contributed by atoms with E-state index in [2.05, 4.69) is 44.2 Å². The molecule has 0 amide bonds. The molecule has 0 saturated carbocycles. The summed E-state index contributed by atoms with van der Waals surface area (Å²) in [6.07, 6.45) is 7.51. The van der Waals surface area contributed by atoms with E-state index in [1.54, 1.807) is 0 Å². The van der Waals surface area contributed by atoms with Gasteiger partial charge in [0.2, 0.25) is 0 Å². The molecule has 0 spiro atoms. The summed E-state index contributed by atoms with van der Waals surface area (Å²) in [4.78, 5) is 32.9. The second kappa shape index (κ2) is 15.0. The summed E-state index contributed by atoms with van der Waals surface area (Å²) in [6.45, 7) is 0. The van der Waals surface area contributed by atoms with Crippen LogP contribution in [0.3, 0.4) is 0 Å². The summed E-state index contributed by atoms with van der Waals surface area (Å²) in [5.74, 6) is -0.715. The van der Waals surface area contributed by atoms with Gasteiger partial charge in [-0.1, -0.05) is 54.6 Å². The lowest BCUT2D eigenvalue weighted by atomic mass is 10.1. The number of aromatic nitrogens is 4. The third-order valence-corrected chi connectivity index (χ3v) is 4.54. The Balaban J connectivity index is 0.000000263. The van der Waals surface area contributed by atoms with Gasteiger partial charge in [0, 0.05) is 0 Å². The maximum absolute atomic E-state index is 10.3. The number of aromatic amines is 4. The molecule has 2 aromatic heterocycles. The van der Waals surface area contributed by atoms with Crippen molar-refractivity contribution in [3.8, 4) is 22.8 Å². The molecular weight excluding hydrogens is 464 g/mol. The summed E-state index contributed by atoms with van der Waals surface area (Å²) in [5.41, 5.74) is 2.02. The number of carboxylic acid groups (broad SMARTS) is 2. The van der Waals surface area contributed by atoms with Gasteiger partial charge in [-0.15, -0.1) is 0 Å². The largest absolute Gasteiger partial charge is 0.545 e. The molecule has 0 aliphatic rings. The van der Waals surface area contributed by atoms with E-state index in [1.807, 2.05) is 61.2 Å². The van der Waals surface area contributed by atoms with Crippen molar-refractivity contribution < 1.29 is 40.7 Å². The molecule has 10 nitrogen and oxygen atoms in total. The Morgan fingerprint density at radius 3 is 1.28 bits per heavy atom. The number of imidazole rings is 2. The Kier molecular flexibility index (Phi) is 12.0. The van der Waals surface area contributed by atoms with Crippen LogP contribution in [0.4, 0.5) is 0 Å². The summed E-state index contributed by atoms with van der Waals surface area (Å²) < 4.78 is 0. The van der Waals surface area contributed by atoms with E-state index in [4.69, 9.17) is 0 Å². The van der Waals surface area contributed by atoms with E-state index in [0.717, 1.165) is 17.7 Å². The van der Waals surface area contributed by atoms with Gasteiger partial charge in [0.25, 0.3) is 11.6 Å². The van der Waals surface area contributed by atoms with Crippen molar-refractivity contribution in [2.75, 3.05) is 0 Å². The average molecular weight is 491 g/mol. The molecule has 0 aliphatic heterocycles. The van der Waals surface area contributed by atoms with Crippen molar-refractivity contribution in [3.63, 3.8) is 0 Å². The monoisotopic (exact) mass is 490 g/mol. The molecule has 5 rings (SSSR count). The normalized spacial score (nSPS) is 9.11. The molecule has 0 atom stereocenters.